The molecule has 16 heavy (non-hydrogen) atoms. The van der Waals surface area contributed by atoms with E-state index >= 15 is 0 Å². The molecule has 0 aliphatic carbocycles. The van der Waals surface area contributed by atoms with Crippen LogP contribution >= 0.6 is 0 Å². The Bertz CT molecular complexity index is 386. The maximum absolute atomic E-state index is 12.9. The van der Waals surface area contributed by atoms with Gasteiger partial charge in [0.2, 0.25) is 0 Å². The van der Waals surface area contributed by atoms with Crippen molar-refractivity contribution >= 4 is 0 Å². The molecule has 1 aromatic carbocycles. The molecule has 2 N–H and O–H groups in total. The average Bonchev–Trinajstić information content (AvgIpc) is 2.13. The van der Waals surface area contributed by atoms with Crippen molar-refractivity contribution in [2.24, 2.45) is 5.73 Å². The Morgan fingerprint density at radius 1 is 0.938 bits per heavy atom. The Morgan fingerprint density at radius 3 is 1.62 bits per heavy atom. The van der Waals surface area contributed by atoms with Crippen LogP contribution in [0.2, 0.25) is 0 Å². The summed E-state index contributed by atoms with van der Waals surface area (Å²) in [5, 5.41) is 0. The number of rotatable bonds is 1. The molecule has 1 rings (SSSR count). The topological polar surface area (TPSA) is 26.0 Å². The van der Waals surface area contributed by atoms with Crippen molar-refractivity contribution < 1.29 is 30.7 Å². The van der Waals surface area contributed by atoms with Crippen LogP contribution in [-0.2, 0) is 0 Å². The summed E-state index contributed by atoms with van der Waals surface area (Å²) in [5.41, 5.74) is 2.60. The summed E-state index contributed by atoms with van der Waals surface area (Å²) < 4.78 is 87.0. The van der Waals surface area contributed by atoms with Crippen molar-refractivity contribution in [1.82, 2.24) is 0 Å². The summed E-state index contributed by atoms with van der Waals surface area (Å²) in [5.74, 6) is -8.17. The molecule has 0 amide bonds. The van der Waals surface area contributed by atoms with Crippen molar-refractivity contribution in [3.8, 4) is 0 Å². The molecule has 90 valence electrons. The van der Waals surface area contributed by atoms with Gasteiger partial charge in [0.05, 0.1) is 5.56 Å². The first-order valence-electron chi connectivity index (χ1n) is 3.81. The van der Waals surface area contributed by atoms with Crippen molar-refractivity contribution in [1.29, 1.82) is 0 Å². The molecule has 0 aromatic heterocycles. The van der Waals surface area contributed by atoms with Gasteiger partial charge in [-0.05, 0) is 0 Å². The fourth-order valence-electron chi connectivity index (χ4n) is 1.03. The Hall–Kier alpha value is -1.31. The summed E-state index contributed by atoms with van der Waals surface area (Å²) in [6, 6.07) is -3.32. The first kappa shape index (κ1) is 12.8. The Morgan fingerprint density at radius 2 is 1.31 bits per heavy atom. The molecule has 0 bridgehead atoms. The SMILES string of the molecule is N[C@H](c1c(F)c(F)cc(F)c1F)C(F)(F)F. The van der Waals surface area contributed by atoms with Gasteiger partial charge in [-0.2, -0.15) is 13.2 Å². The van der Waals surface area contributed by atoms with Gasteiger partial charge in [0, 0.05) is 6.07 Å². The standard InChI is InChI=1S/C8H4F7N/c9-2-1-3(10)6(12)4(5(2)11)7(16)8(13,14)15/h1,7H,16H2/t7-/m1/s1. The minimum Gasteiger partial charge on any atom is -0.316 e. The molecule has 0 radical (unpaired) electrons. The van der Waals surface area contributed by atoms with Gasteiger partial charge in [-0.15, -0.1) is 0 Å². The zero-order chi connectivity index (χ0) is 12.7. The van der Waals surface area contributed by atoms with Crippen LogP contribution in [0.4, 0.5) is 30.7 Å². The fourth-order valence-corrected chi connectivity index (χ4v) is 1.03. The second-order valence-electron chi connectivity index (χ2n) is 2.90. The van der Waals surface area contributed by atoms with Crippen LogP contribution in [0.5, 0.6) is 0 Å². The van der Waals surface area contributed by atoms with Gasteiger partial charge >= 0.3 is 6.18 Å². The fraction of sp³-hybridized carbons (Fsp3) is 0.250. The van der Waals surface area contributed by atoms with Crippen LogP contribution in [0.1, 0.15) is 11.6 Å². The lowest BCUT2D eigenvalue weighted by Crippen LogP contribution is -2.31. The first-order chi connectivity index (χ1) is 7.16. The third-order valence-electron chi connectivity index (χ3n) is 1.81. The predicted molar refractivity (Wildman–Crippen MR) is 39.3 cm³/mol. The number of nitrogens with two attached hydrogens (primary N) is 1. The molecule has 0 saturated heterocycles. The van der Waals surface area contributed by atoms with E-state index in [9.17, 15) is 30.7 Å². The summed E-state index contributed by atoms with van der Waals surface area (Å²) in [7, 11) is 0. The van der Waals surface area contributed by atoms with Crippen molar-refractivity contribution in [3.63, 3.8) is 0 Å². The van der Waals surface area contributed by atoms with Crippen LogP contribution in [0.3, 0.4) is 0 Å². The molecule has 0 unspecified atom stereocenters. The lowest BCUT2D eigenvalue weighted by molar-refractivity contribution is -0.150. The molecule has 0 aliphatic heterocycles. The summed E-state index contributed by atoms with van der Waals surface area (Å²) in [6.07, 6.45) is -5.21. The van der Waals surface area contributed by atoms with E-state index in [-0.39, 0.29) is 6.07 Å². The molecular weight excluding hydrogens is 243 g/mol. The molecule has 1 atom stereocenters. The monoisotopic (exact) mass is 247 g/mol. The quantitative estimate of drug-likeness (QED) is 0.599. The van der Waals surface area contributed by atoms with Crippen LogP contribution in [0.15, 0.2) is 6.07 Å². The van der Waals surface area contributed by atoms with Crippen LogP contribution in [0.25, 0.3) is 0 Å². The highest BCUT2D eigenvalue weighted by molar-refractivity contribution is 5.26. The highest BCUT2D eigenvalue weighted by Crippen LogP contribution is 2.34. The number of hydrogen-bond donors (Lipinski definition) is 1. The Labute approximate surface area is 84.7 Å². The Kier molecular flexibility index (Phi) is 3.13. The van der Waals surface area contributed by atoms with E-state index < -0.39 is 41.1 Å². The number of halogens is 7. The predicted octanol–water partition coefficient (Wildman–Crippen LogP) is 2.81. The number of hydrogen-bond acceptors (Lipinski definition) is 1. The van der Waals surface area contributed by atoms with Crippen LogP contribution in [0, 0.1) is 23.3 Å². The third-order valence-corrected chi connectivity index (χ3v) is 1.81. The van der Waals surface area contributed by atoms with Crippen LogP contribution in [-0.4, -0.2) is 6.18 Å². The third kappa shape index (κ3) is 2.11. The molecule has 0 fully saturated rings. The summed E-state index contributed by atoms with van der Waals surface area (Å²) in [4.78, 5) is 0. The average molecular weight is 247 g/mol. The van der Waals surface area contributed by atoms with E-state index in [1.807, 2.05) is 0 Å². The lowest BCUT2D eigenvalue weighted by atomic mass is 10.1. The molecule has 1 aromatic rings. The minimum absolute atomic E-state index is 0.197. The molecule has 1 nitrogen and oxygen atoms in total. The molecule has 0 aliphatic rings. The normalized spacial score (nSPS) is 14.0. The molecule has 0 saturated carbocycles. The summed E-state index contributed by atoms with van der Waals surface area (Å²) in [6.45, 7) is 0. The van der Waals surface area contributed by atoms with Gasteiger partial charge in [-0.3, -0.25) is 0 Å². The molecule has 0 heterocycles. The van der Waals surface area contributed by atoms with Gasteiger partial charge < -0.3 is 5.73 Å². The summed E-state index contributed by atoms with van der Waals surface area (Å²) >= 11 is 0. The highest BCUT2D eigenvalue weighted by Gasteiger charge is 2.42. The van der Waals surface area contributed by atoms with E-state index in [2.05, 4.69) is 5.73 Å². The first-order valence-corrected chi connectivity index (χ1v) is 3.81. The second-order valence-corrected chi connectivity index (χ2v) is 2.90. The zero-order valence-electron chi connectivity index (χ0n) is 7.38. The Balaban J connectivity index is 3.44. The van der Waals surface area contributed by atoms with E-state index in [0.717, 1.165) is 0 Å². The van der Waals surface area contributed by atoms with Gasteiger partial charge in [0.1, 0.15) is 6.04 Å². The highest BCUT2D eigenvalue weighted by atomic mass is 19.4. The van der Waals surface area contributed by atoms with Gasteiger partial charge in [0.15, 0.2) is 23.3 Å². The lowest BCUT2D eigenvalue weighted by Gasteiger charge is -2.17. The van der Waals surface area contributed by atoms with E-state index in [4.69, 9.17) is 0 Å². The minimum atomic E-state index is -5.21. The van der Waals surface area contributed by atoms with Gasteiger partial charge in [0.25, 0.3) is 0 Å². The maximum atomic E-state index is 12.9. The van der Waals surface area contributed by atoms with Crippen molar-refractivity contribution in [2.45, 2.75) is 12.2 Å². The zero-order valence-corrected chi connectivity index (χ0v) is 7.38. The van der Waals surface area contributed by atoms with Gasteiger partial charge in [-0.1, -0.05) is 0 Å². The second kappa shape index (κ2) is 3.93. The number of benzene rings is 1. The largest absolute Gasteiger partial charge is 0.407 e. The van der Waals surface area contributed by atoms with Crippen LogP contribution < -0.4 is 5.73 Å². The van der Waals surface area contributed by atoms with Crippen molar-refractivity contribution in [3.05, 3.63) is 34.9 Å². The van der Waals surface area contributed by atoms with Gasteiger partial charge in [-0.25, -0.2) is 17.6 Å². The number of alkyl halides is 3. The van der Waals surface area contributed by atoms with E-state index in [1.54, 1.807) is 0 Å². The smallest absolute Gasteiger partial charge is 0.316 e. The van der Waals surface area contributed by atoms with Crippen molar-refractivity contribution in [2.75, 3.05) is 0 Å². The molecular formula is C8H4F7N. The maximum Gasteiger partial charge on any atom is 0.407 e. The van der Waals surface area contributed by atoms with E-state index in [0.29, 0.717) is 0 Å². The molecule has 8 heteroatoms. The molecule has 0 spiro atoms. The van der Waals surface area contributed by atoms with E-state index in [1.165, 1.54) is 0 Å².